The third-order valence-electron chi connectivity index (χ3n) is 4.76. The van der Waals surface area contributed by atoms with Crippen molar-refractivity contribution < 1.29 is 8.42 Å². The summed E-state index contributed by atoms with van der Waals surface area (Å²) in [6, 6.07) is 14.0. The highest BCUT2D eigenvalue weighted by Crippen LogP contribution is 2.34. The molecule has 0 aliphatic heterocycles. The van der Waals surface area contributed by atoms with Crippen molar-refractivity contribution in [3.63, 3.8) is 0 Å². The van der Waals surface area contributed by atoms with E-state index < -0.39 is 10.0 Å². The van der Waals surface area contributed by atoms with Gasteiger partial charge in [-0.15, -0.1) is 0 Å². The monoisotopic (exact) mass is 421 g/mol. The van der Waals surface area contributed by atoms with Crippen molar-refractivity contribution in [3.8, 4) is 0 Å². The van der Waals surface area contributed by atoms with Crippen LogP contribution in [0, 0.1) is 0 Å². The van der Waals surface area contributed by atoms with Gasteiger partial charge in [-0.2, -0.15) is 0 Å². The number of nitrogens with one attached hydrogen (secondary N) is 2. The molecule has 0 unspecified atom stereocenters. The predicted molar refractivity (Wildman–Crippen MR) is 110 cm³/mol. The quantitative estimate of drug-likeness (QED) is 0.631. The summed E-state index contributed by atoms with van der Waals surface area (Å²) in [5.74, 6) is 0. The molecule has 2 N–H and O–H groups in total. The third-order valence-corrected chi connectivity index (χ3v) is 7.81. The Morgan fingerprint density at radius 3 is 2.59 bits per heavy atom. The van der Waals surface area contributed by atoms with Crippen molar-refractivity contribution in [2.24, 2.45) is 0 Å². The van der Waals surface area contributed by atoms with Crippen LogP contribution >= 0.6 is 23.4 Å². The molecule has 0 bridgehead atoms. The van der Waals surface area contributed by atoms with Crippen LogP contribution in [0.25, 0.3) is 11.0 Å². The lowest BCUT2D eigenvalue weighted by atomic mass is 9.96. The summed E-state index contributed by atoms with van der Waals surface area (Å²) in [7, 11) is -3.58. The maximum atomic E-state index is 12.8. The van der Waals surface area contributed by atoms with E-state index in [4.69, 9.17) is 11.6 Å². The van der Waals surface area contributed by atoms with Crippen LogP contribution in [-0.2, 0) is 10.0 Å². The smallest absolute Gasteiger partial charge is 0.240 e. The van der Waals surface area contributed by atoms with Gasteiger partial charge in [-0.3, -0.25) is 0 Å². The molecule has 2 atom stereocenters. The normalized spacial score (nSPS) is 20.8. The lowest BCUT2D eigenvalue weighted by molar-refractivity contribution is 0.422. The number of para-hydroxylation sites is 2. The fourth-order valence-corrected chi connectivity index (χ4v) is 6.17. The Balaban J connectivity index is 1.52. The number of H-pyrrole nitrogens is 1. The molecule has 3 aromatic rings. The average Bonchev–Trinajstić information content (AvgIpc) is 3.06. The van der Waals surface area contributed by atoms with Gasteiger partial charge in [0.15, 0.2) is 5.16 Å². The molecule has 0 radical (unpaired) electrons. The number of hydrogen-bond acceptors (Lipinski definition) is 4. The van der Waals surface area contributed by atoms with E-state index in [1.807, 2.05) is 24.3 Å². The topological polar surface area (TPSA) is 74.8 Å². The van der Waals surface area contributed by atoms with Gasteiger partial charge >= 0.3 is 0 Å². The van der Waals surface area contributed by atoms with E-state index in [0.717, 1.165) is 41.9 Å². The molecule has 8 heteroatoms. The zero-order valence-corrected chi connectivity index (χ0v) is 16.9. The summed E-state index contributed by atoms with van der Waals surface area (Å²) in [4.78, 5) is 8.19. The molecule has 1 aromatic heterocycles. The molecule has 0 saturated heterocycles. The number of hydrogen-bond donors (Lipinski definition) is 2. The van der Waals surface area contributed by atoms with Crippen LogP contribution < -0.4 is 4.72 Å². The summed E-state index contributed by atoms with van der Waals surface area (Å²) in [5.41, 5.74) is 1.92. The van der Waals surface area contributed by atoms with E-state index in [1.165, 1.54) is 12.1 Å². The molecule has 4 rings (SSSR count). The molecule has 2 aromatic carbocycles. The highest BCUT2D eigenvalue weighted by Gasteiger charge is 2.31. The van der Waals surface area contributed by atoms with Gasteiger partial charge in [0.05, 0.1) is 15.9 Å². The number of thioether (sulfide) groups is 1. The minimum Gasteiger partial charge on any atom is -0.333 e. The largest absolute Gasteiger partial charge is 0.333 e. The number of fused-ring (bicyclic) bond motifs is 1. The lowest BCUT2D eigenvalue weighted by Crippen LogP contribution is -2.43. The van der Waals surface area contributed by atoms with E-state index in [2.05, 4.69) is 14.7 Å². The van der Waals surface area contributed by atoms with Crippen LogP contribution in [0.4, 0.5) is 0 Å². The Kier molecular flexibility index (Phi) is 5.45. The van der Waals surface area contributed by atoms with Crippen LogP contribution in [-0.4, -0.2) is 29.7 Å². The van der Waals surface area contributed by atoms with Gasteiger partial charge in [0.2, 0.25) is 10.0 Å². The molecule has 1 heterocycles. The van der Waals surface area contributed by atoms with Crippen LogP contribution in [0.1, 0.15) is 25.7 Å². The molecule has 1 aliphatic rings. The molecule has 1 aliphatic carbocycles. The minimum atomic E-state index is -3.58. The first kappa shape index (κ1) is 18.8. The van der Waals surface area contributed by atoms with Crippen LogP contribution in [0.3, 0.4) is 0 Å². The Hall–Kier alpha value is -1.54. The number of nitrogens with zero attached hydrogens (tertiary/aromatic N) is 1. The molecular formula is C19H20ClN3O2S2. The zero-order valence-electron chi connectivity index (χ0n) is 14.6. The van der Waals surface area contributed by atoms with E-state index in [9.17, 15) is 8.42 Å². The zero-order chi connectivity index (χ0) is 18.9. The first-order valence-electron chi connectivity index (χ1n) is 8.90. The van der Waals surface area contributed by atoms with Crippen molar-refractivity contribution in [1.82, 2.24) is 14.7 Å². The van der Waals surface area contributed by atoms with Gasteiger partial charge < -0.3 is 4.98 Å². The van der Waals surface area contributed by atoms with Crippen molar-refractivity contribution >= 4 is 44.4 Å². The van der Waals surface area contributed by atoms with Crippen molar-refractivity contribution in [2.45, 2.75) is 47.0 Å². The maximum absolute atomic E-state index is 12.8. The highest BCUT2D eigenvalue weighted by atomic mass is 35.5. The van der Waals surface area contributed by atoms with Crippen LogP contribution in [0.5, 0.6) is 0 Å². The summed E-state index contributed by atoms with van der Waals surface area (Å²) in [6.45, 7) is 0. The first-order chi connectivity index (χ1) is 13.0. The number of halogens is 1. The summed E-state index contributed by atoms with van der Waals surface area (Å²) in [6.07, 6.45) is 3.89. The number of aromatic nitrogens is 2. The molecule has 5 nitrogen and oxygen atoms in total. The molecule has 27 heavy (non-hydrogen) atoms. The highest BCUT2D eigenvalue weighted by molar-refractivity contribution is 7.99. The number of rotatable bonds is 5. The fourth-order valence-electron chi connectivity index (χ4n) is 3.38. The van der Waals surface area contributed by atoms with E-state index >= 15 is 0 Å². The molecule has 0 amide bonds. The standard InChI is InChI=1S/C19H20ClN3O2S2/c20-13-9-11-14(12-10-13)27(24,25)23-17-7-3-4-8-18(17)26-19-21-15-5-1-2-6-16(15)22-19/h1-2,5-6,9-12,17-18,23H,3-4,7-8H2,(H,21,22)/t17-,18+/m1/s1. The second-order valence-corrected chi connectivity index (χ2v) is 10.1. The van der Waals surface area contributed by atoms with Gasteiger partial charge in [-0.05, 0) is 49.2 Å². The summed E-state index contributed by atoms with van der Waals surface area (Å²) in [5, 5.41) is 1.49. The fraction of sp³-hybridized carbons (Fsp3) is 0.316. The molecule has 142 valence electrons. The average molecular weight is 422 g/mol. The van der Waals surface area contributed by atoms with Gasteiger partial charge in [-0.25, -0.2) is 18.1 Å². The number of imidazole rings is 1. The van der Waals surface area contributed by atoms with Crippen LogP contribution in [0.2, 0.25) is 5.02 Å². The van der Waals surface area contributed by atoms with Gasteiger partial charge in [0.25, 0.3) is 0 Å². The number of aromatic amines is 1. The second kappa shape index (κ2) is 7.83. The molecule has 1 fully saturated rings. The number of benzene rings is 2. The minimum absolute atomic E-state index is 0.127. The molecule has 0 spiro atoms. The Morgan fingerprint density at radius 2 is 1.81 bits per heavy atom. The third kappa shape index (κ3) is 4.32. The van der Waals surface area contributed by atoms with Gasteiger partial charge in [0.1, 0.15) is 0 Å². The lowest BCUT2D eigenvalue weighted by Gasteiger charge is -2.30. The Bertz CT molecular complexity index is 1000. The van der Waals surface area contributed by atoms with E-state index in [1.54, 1.807) is 23.9 Å². The number of sulfonamides is 1. The van der Waals surface area contributed by atoms with E-state index in [-0.39, 0.29) is 16.2 Å². The SMILES string of the molecule is O=S(=O)(N[C@@H]1CCCC[C@@H]1Sc1nc2ccccc2[nH]1)c1ccc(Cl)cc1. The Morgan fingerprint density at radius 1 is 1.07 bits per heavy atom. The van der Waals surface area contributed by atoms with Crippen LogP contribution in [0.15, 0.2) is 58.6 Å². The maximum Gasteiger partial charge on any atom is 0.240 e. The second-order valence-electron chi connectivity index (χ2n) is 6.68. The Labute approximate surface area is 168 Å². The molecule has 1 saturated carbocycles. The first-order valence-corrected chi connectivity index (χ1v) is 11.6. The summed E-state index contributed by atoms with van der Waals surface area (Å²) >= 11 is 7.49. The van der Waals surface area contributed by atoms with Gasteiger partial charge in [-0.1, -0.05) is 48.3 Å². The summed E-state index contributed by atoms with van der Waals surface area (Å²) < 4.78 is 28.4. The molecular weight excluding hydrogens is 402 g/mol. The van der Waals surface area contributed by atoms with E-state index in [0.29, 0.717) is 5.02 Å². The van der Waals surface area contributed by atoms with Crippen molar-refractivity contribution in [1.29, 1.82) is 0 Å². The van der Waals surface area contributed by atoms with Gasteiger partial charge in [0, 0.05) is 16.3 Å². The van der Waals surface area contributed by atoms with Crippen molar-refractivity contribution in [3.05, 3.63) is 53.6 Å². The predicted octanol–water partition coefficient (Wildman–Crippen LogP) is 4.60. The van der Waals surface area contributed by atoms with Crippen molar-refractivity contribution in [2.75, 3.05) is 0 Å².